The van der Waals surface area contributed by atoms with Gasteiger partial charge in [0.05, 0.1) is 0 Å². The van der Waals surface area contributed by atoms with Crippen LogP contribution in [0.4, 0.5) is 5.69 Å². The summed E-state index contributed by atoms with van der Waals surface area (Å²) in [5, 5.41) is 0. The van der Waals surface area contributed by atoms with Crippen molar-refractivity contribution in [2.24, 2.45) is 5.92 Å². The van der Waals surface area contributed by atoms with Gasteiger partial charge in [0.1, 0.15) is 5.92 Å². The van der Waals surface area contributed by atoms with Crippen LogP contribution < -0.4 is 4.90 Å². The summed E-state index contributed by atoms with van der Waals surface area (Å²) >= 11 is 3.44. The summed E-state index contributed by atoms with van der Waals surface area (Å²) in [7, 11) is 0. The number of halogens is 1. The molecule has 2 fully saturated rings. The van der Waals surface area contributed by atoms with Crippen LogP contribution in [0.25, 0.3) is 0 Å². The number of hydrogen-bond donors (Lipinski definition) is 0. The third-order valence-electron chi connectivity index (χ3n) is 4.97. The Labute approximate surface area is 161 Å². The molecule has 1 unspecified atom stereocenters. The van der Waals surface area contributed by atoms with Gasteiger partial charge in [-0.2, -0.15) is 0 Å². The molecule has 0 bridgehead atoms. The topological polar surface area (TPSA) is 53.5 Å². The van der Waals surface area contributed by atoms with E-state index in [1.807, 2.05) is 41.3 Å². The fraction of sp³-hybridized carbons (Fsp3) is 0.350. The SMILES string of the molecule is O=C1C(C(=O)N(Cc2cccnc2)C2CC2)CCN1c1cccc(Br)c1. The molecular formula is C20H20BrN3O2. The average Bonchev–Trinajstić information content (AvgIpc) is 3.42. The number of carbonyl (C=O) groups excluding carboxylic acids is 2. The van der Waals surface area contributed by atoms with Crippen LogP contribution in [0, 0.1) is 5.92 Å². The quantitative estimate of drug-likeness (QED) is 0.705. The number of hydrogen-bond acceptors (Lipinski definition) is 3. The lowest BCUT2D eigenvalue weighted by atomic mass is 10.1. The van der Waals surface area contributed by atoms with Gasteiger partial charge in [0.15, 0.2) is 0 Å². The van der Waals surface area contributed by atoms with E-state index < -0.39 is 5.92 Å². The molecule has 2 aromatic rings. The van der Waals surface area contributed by atoms with E-state index in [1.54, 1.807) is 17.3 Å². The highest BCUT2D eigenvalue weighted by atomic mass is 79.9. The van der Waals surface area contributed by atoms with Gasteiger partial charge >= 0.3 is 0 Å². The van der Waals surface area contributed by atoms with Gasteiger partial charge in [0.2, 0.25) is 11.8 Å². The number of rotatable bonds is 5. The zero-order valence-electron chi connectivity index (χ0n) is 14.3. The molecule has 4 rings (SSSR count). The van der Waals surface area contributed by atoms with E-state index >= 15 is 0 Å². The molecule has 1 aliphatic carbocycles. The smallest absolute Gasteiger partial charge is 0.239 e. The van der Waals surface area contributed by atoms with Crippen molar-refractivity contribution < 1.29 is 9.59 Å². The summed E-state index contributed by atoms with van der Waals surface area (Å²) in [5.74, 6) is -0.713. The second-order valence-electron chi connectivity index (χ2n) is 6.87. The van der Waals surface area contributed by atoms with Gasteiger partial charge < -0.3 is 9.80 Å². The van der Waals surface area contributed by atoms with Crippen LogP contribution >= 0.6 is 15.9 Å². The number of pyridine rings is 1. The maximum Gasteiger partial charge on any atom is 0.239 e. The summed E-state index contributed by atoms with van der Waals surface area (Å²) in [6.45, 7) is 1.11. The van der Waals surface area contributed by atoms with Gasteiger partial charge in [-0.1, -0.05) is 28.1 Å². The van der Waals surface area contributed by atoms with E-state index in [9.17, 15) is 9.59 Å². The van der Waals surface area contributed by atoms with E-state index in [4.69, 9.17) is 0 Å². The van der Waals surface area contributed by atoms with Crippen molar-refractivity contribution in [1.82, 2.24) is 9.88 Å². The summed E-state index contributed by atoms with van der Waals surface area (Å²) < 4.78 is 0.925. The molecular weight excluding hydrogens is 394 g/mol. The molecule has 2 heterocycles. The number of aromatic nitrogens is 1. The van der Waals surface area contributed by atoms with Gasteiger partial charge in [0, 0.05) is 41.7 Å². The Morgan fingerprint density at radius 3 is 2.77 bits per heavy atom. The Balaban J connectivity index is 1.51. The minimum absolute atomic E-state index is 0.0427. The van der Waals surface area contributed by atoms with E-state index in [2.05, 4.69) is 20.9 Å². The Kier molecular flexibility index (Phi) is 4.76. The van der Waals surface area contributed by atoms with E-state index in [1.165, 1.54) is 0 Å². The maximum atomic E-state index is 13.1. The van der Waals surface area contributed by atoms with Crippen molar-refractivity contribution in [2.45, 2.75) is 31.8 Å². The zero-order valence-corrected chi connectivity index (χ0v) is 15.9. The van der Waals surface area contributed by atoms with Crippen LogP contribution in [-0.2, 0) is 16.1 Å². The molecule has 2 aliphatic rings. The Hall–Kier alpha value is -2.21. The number of benzene rings is 1. The monoisotopic (exact) mass is 413 g/mol. The second-order valence-corrected chi connectivity index (χ2v) is 7.79. The largest absolute Gasteiger partial charge is 0.335 e. The molecule has 2 amide bonds. The first-order valence-corrected chi connectivity index (χ1v) is 9.69. The first-order chi connectivity index (χ1) is 12.6. The molecule has 0 radical (unpaired) electrons. The van der Waals surface area contributed by atoms with Gasteiger partial charge in [-0.15, -0.1) is 0 Å². The van der Waals surface area contributed by atoms with Crippen molar-refractivity contribution in [1.29, 1.82) is 0 Å². The third kappa shape index (κ3) is 3.51. The minimum atomic E-state index is -0.578. The van der Waals surface area contributed by atoms with Crippen LogP contribution in [0.5, 0.6) is 0 Å². The van der Waals surface area contributed by atoms with Crippen LogP contribution in [0.1, 0.15) is 24.8 Å². The van der Waals surface area contributed by atoms with Gasteiger partial charge in [0.25, 0.3) is 0 Å². The standard InChI is InChI=1S/C20H20BrN3O2/c21-15-4-1-5-17(11-15)23-10-8-18(19(23)25)20(26)24(16-6-7-16)13-14-3-2-9-22-12-14/h1-5,9,11-12,16,18H,6-8,10,13H2. The predicted molar refractivity (Wildman–Crippen MR) is 102 cm³/mol. The summed E-state index contributed by atoms with van der Waals surface area (Å²) in [6.07, 6.45) is 6.11. The van der Waals surface area contributed by atoms with Crippen molar-refractivity contribution in [3.05, 3.63) is 58.8 Å². The van der Waals surface area contributed by atoms with Crippen LogP contribution in [0.2, 0.25) is 0 Å². The molecule has 0 spiro atoms. The highest BCUT2D eigenvalue weighted by Crippen LogP contribution is 2.33. The van der Waals surface area contributed by atoms with Gasteiger partial charge in [-0.05, 0) is 49.1 Å². The third-order valence-corrected chi connectivity index (χ3v) is 5.46. The normalized spacial score (nSPS) is 19.7. The van der Waals surface area contributed by atoms with Crippen molar-refractivity contribution in [3.8, 4) is 0 Å². The molecule has 0 N–H and O–H groups in total. The Bertz CT molecular complexity index is 823. The van der Waals surface area contributed by atoms with Crippen molar-refractivity contribution in [2.75, 3.05) is 11.4 Å². The summed E-state index contributed by atoms with van der Waals surface area (Å²) in [4.78, 5) is 33.8. The van der Waals surface area contributed by atoms with Gasteiger partial charge in [-0.3, -0.25) is 14.6 Å². The number of nitrogens with zero attached hydrogens (tertiary/aromatic N) is 3. The molecule has 1 aromatic carbocycles. The van der Waals surface area contributed by atoms with E-state index in [0.29, 0.717) is 19.5 Å². The Morgan fingerprint density at radius 1 is 1.23 bits per heavy atom. The molecule has 1 atom stereocenters. The minimum Gasteiger partial charge on any atom is -0.335 e. The summed E-state index contributed by atoms with van der Waals surface area (Å²) in [6, 6.07) is 11.8. The molecule has 1 aliphatic heterocycles. The molecule has 1 saturated carbocycles. The lowest BCUT2D eigenvalue weighted by Crippen LogP contribution is -2.41. The molecule has 5 nitrogen and oxygen atoms in total. The Morgan fingerprint density at radius 2 is 2.08 bits per heavy atom. The highest BCUT2D eigenvalue weighted by Gasteiger charge is 2.43. The number of amides is 2. The lowest BCUT2D eigenvalue weighted by Gasteiger charge is -2.25. The predicted octanol–water partition coefficient (Wildman–Crippen LogP) is 3.39. The zero-order chi connectivity index (χ0) is 18.1. The fourth-order valence-electron chi connectivity index (χ4n) is 3.47. The van der Waals surface area contributed by atoms with E-state index in [0.717, 1.165) is 28.6 Å². The number of carbonyl (C=O) groups is 2. The first-order valence-electron chi connectivity index (χ1n) is 8.90. The highest BCUT2D eigenvalue weighted by molar-refractivity contribution is 9.10. The molecule has 1 saturated heterocycles. The van der Waals surface area contributed by atoms with Crippen molar-refractivity contribution in [3.63, 3.8) is 0 Å². The summed E-state index contributed by atoms with van der Waals surface area (Å²) in [5.41, 5.74) is 1.84. The van der Waals surface area contributed by atoms with Gasteiger partial charge in [-0.25, -0.2) is 0 Å². The molecule has 1 aromatic heterocycles. The maximum absolute atomic E-state index is 13.1. The first kappa shape index (κ1) is 17.2. The lowest BCUT2D eigenvalue weighted by molar-refractivity contribution is -0.140. The molecule has 134 valence electrons. The van der Waals surface area contributed by atoms with Crippen molar-refractivity contribution >= 4 is 33.4 Å². The van der Waals surface area contributed by atoms with E-state index in [-0.39, 0.29) is 17.9 Å². The fourth-order valence-corrected chi connectivity index (χ4v) is 3.86. The molecule has 6 heteroatoms. The van der Waals surface area contributed by atoms with Crippen LogP contribution in [0.15, 0.2) is 53.3 Å². The van der Waals surface area contributed by atoms with Crippen LogP contribution in [-0.4, -0.2) is 34.3 Å². The second kappa shape index (κ2) is 7.19. The number of anilines is 1. The molecule has 26 heavy (non-hydrogen) atoms. The average molecular weight is 414 g/mol. The van der Waals surface area contributed by atoms with Crippen LogP contribution in [0.3, 0.4) is 0 Å².